The van der Waals surface area contributed by atoms with Gasteiger partial charge in [-0.05, 0) is 0 Å². The SMILES string of the molecule is O=C=Nc1ccnc(N=C=O)n1. The van der Waals surface area contributed by atoms with Gasteiger partial charge in [0, 0.05) is 12.3 Å². The zero-order valence-electron chi connectivity index (χ0n) is 5.76. The number of rotatable bonds is 2. The van der Waals surface area contributed by atoms with Gasteiger partial charge in [-0.25, -0.2) is 14.6 Å². The second kappa shape index (κ2) is 3.88. The van der Waals surface area contributed by atoms with Crippen molar-refractivity contribution in [2.75, 3.05) is 0 Å². The van der Waals surface area contributed by atoms with Crippen molar-refractivity contribution in [3.63, 3.8) is 0 Å². The molecule has 0 aliphatic carbocycles. The molecule has 0 amide bonds. The lowest BCUT2D eigenvalue weighted by Gasteiger charge is -1.88. The Kier molecular flexibility index (Phi) is 2.57. The molecule has 0 fully saturated rings. The maximum Gasteiger partial charge on any atom is 0.262 e. The third-order valence-corrected chi connectivity index (χ3v) is 0.934. The summed E-state index contributed by atoms with van der Waals surface area (Å²) >= 11 is 0. The monoisotopic (exact) mass is 162 g/mol. The molecule has 0 saturated heterocycles. The van der Waals surface area contributed by atoms with Crippen molar-refractivity contribution in [1.29, 1.82) is 0 Å². The van der Waals surface area contributed by atoms with E-state index in [2.05, 4.69) is 20.0 Å². The Labute approximate surface area is 66.7 Å². The van der Waals surface area contributed by atoms with Crippen LogP contribution < -0.4 is 0 Å². The molecule has 1 aromatic rings. The topological polar surface area (TPSA) is 84.6 Å². The summed E-state index contributed by atoms with van der Waals surface area (Å²) in [5.74, 6) is 0.0236. The lowest BCUT2D eigenvalue weighted by atomic mass is 10.6. The van der Waals surface area contributed by atoms with Crippen LogP contribution in [0.25, 0.3) is 0 Å². The predicted octanol–water partition coefficient (Wildman–Crippen LogP) is 0.411. The van der Waals surface area contributed by atoms with Crippen molar-refractivity contribution < 1.29 is 9.59 Å². The molecule has 0 radical (unpaired) electrons. The molecule has 0 aromatic carbocycles. The predicted molar refractivity (Wildman–Crippen MR) is 37.6 cm³/mol. The van der Waals surface area contributed by atoms with Crippen LogP contribution in [0.4, 0.5) is 11.8 Å². The van der Waals surface area contributed by atoms with E-state index in [0.29, 0.717) is 0 Å². The van der Waals surface area contributed by atoms with E-state index in [1.54, 1.807) is 0 Å². The van der Waals surface area contributed by atoms with Crippen LogP contribution in [-0.2, 0) is 9.59 Å². The molecule has 0 aliphatic rings. The maximum absolute atomic E-state index is 9.78. The summed E-state index contributed by atoms with van der Waals surface area (Å²) < 4.78 is 0. The highest BCUT2D eigenvalue weighted by Crippen LogP contribution is 2.09. The average molecular weight is 162 g/mol. The molecule has 0 atom stereocenters. The molecule has 58 valence electrons. The normalized spacial score (nSPS) is 8.00. The quantitative estimate of drug-likeness (QED) is 0.465. The fraction of sp³-hybridized carbons (Fsp3) is 0. The molecule has 6 heteroatoms. The van der Waals surface area contributed by atoms with Gasteiger partial charge in [-0.3, -0.25) is 0 Å². The van der Waals surface area contributed by atoms with E-state index in [0.717, 1.165) is 0 Å². The lowest BCUT2D eigenvalue weighted by molar-refractivity contribution is 0.564. The molecule has 1 rings (SSSR count). The Hall–Kier alpha value is -2.16. The first-order chi connectivity index (χ1) is 5.86. The summed E-state index contributed by atoms with van der Waals surface area (Å²) in [6.45, 7) is 0. The Morgan fingerprint density at radius 3 is 2.67 bits per heavy atom. The first-order valence-electron chi connectivity index (χ1n) is 2.85. The molecule has 0 N–H and O–H groups in total. The molecule has 0 unspecified atom stereocenters. The lowest BCUT2D eigenvalue weighted by Crippen LogP contribution is -1.78. The second-order valence-electron chi connectivity index (χ2n) is 1.62. The van der Waals surface area contributed by atoms with Crippen LogP contribution in [0.5, 0.6) is 0 Å². The molecule has 12 heavy (non-hydrogen) atoms. The van der Waals surface area contributed by atoms with E-state index in [4.69, 9.17) is 0 Å². The van der Waals surface area contributed by atoms with Crippen LogP contribution in [0.3, 0.4) is 0 Å². The van der Waals surface area contributed by atoms with E-state index in [1.165, 1.54) is 24.4 Å². The van der Waals surface area contributed by atoms with Crippen LogP contribution in [0.15, 0.2) is 22.2 Å². The summed E-state index contributed by atoms with van der Waals surface area (Å²) in [6, 6.07) is 1.38. The number of aromatic nitrogens is 2. The third kappa shape index (κ3) is 1.91. The van der Waals surface area contributed by atoms with Crippen molar-refractivity contribution in [3.8, 4) is 0 Å². The van der Waals surface area contributed by atoms with Gasteiger partial charge < -0.3 is 0 Å². The van der Waals surface area contributed by atoms with Gasteiger partial charge >= 0.3 is 0 Å². The van der Waals surface area contributed by atoms with Gasteiger partial charge in [-0.15, -0.1) is 9.98 Å². The van der Waals surface area contributed by atoms with E-state index >= 15 is 0 Å². The fourth-order valence-electron chi connectivity index (χ4n) is 0.543. The minimum absolute atomic E-state index is 0.0819. The van der Waals surface area contributed by atoms with Crippen molar-refractivity contribution in [2.45, 2.75) is 0 Å². The Morgan fingerprint density at radius 1 is 1.25 bits per heavy atom. The van der Waals surface area contributed by atoms with Crippen LogP contribution in [-0.4, -0.2) is 22.1 Å². The van der Waals surface area contributed by atoms with Gasteiger partial charge in [0.25, 0.3) is 5.95 Å². The smallest absolute Gasteiger partial charge is 0.219 e. The highest BCUT2D eigenvalue weighted by atomic mass is 16.1. The van der Waals surface area contributed by atoms with Crippen molar-refractivity contribution >= 4 is 23.9 Å². The van der Waals surface area contributed by atoms with E-state index in [-0.39, 0.29) is 11.8 Å². The fourth-order valence-corrected chi connectivity index (χ4v) is 0.543. The number of nitrogens with zero attached hydrogens (tertiary/aromatic N) is 4. The molecule has 0 saturated carbocycles. The molecule has 6 nitrogen and oxygen atoms in total. The highest BCUT2D eigenvalue weighted by Gasteiger charge is 1.93. The Morgan fingerprint density at radius 2 is 2.00 bits per heavy atom. The maximum atomic E-state index is 9.78. The first kappa shape index (κ1) is 7.94. The van der Waals surface area contributed by atoms with Gasteiger partial charge in [0.15, 0.2) is 5.82 Å². The Bertz CT molecular complexity index is 344. The van der Waals surface area contributed by atoms with Crippen molar-refractivity contribution in [3.05, 3.63) is 12.3 Å². The van der Waals surface area contributed by atoms with Crippen molar-refractivity contribution in [1.82, 2.24) is 9.97 Å². The van der Waals surface area contributed by atoms with E-state index < -0.39 is 0 Å². The summed E-state index contributed by atoms with van der Waals surface area (Å²) in [5.41, 5.74) is 0. The number of hydrogen-bond donors (Lipinski definition) is 0. The van der Waals surface area contributed by atoms with E-state index in [9.17, 15) is 9.59 Å². The van der Waals surface area contributed by atoms with Gasteiger partial charge in [-0.2, -0.15) is 4.98 Å². The number of hydrogen-bond acceptors (Lipinski definition) is 6. The first-order valence-corrected chi connectivity index (χ1v) is 2.85. The summed E-state index contributed by atoms with van der Waals surface area (Å²) in [6.07, 6.45) is 3.88. The van der Waals surface area contributed by atoms with Crippen LogP contribution in [0.1, 0.15) is 0 Å². The van der Waals surface area contributed by atoms with Gasteiger partial charge in [-0.1, -0.05) is 0 Å². The van der Waals surface area contributed by atoms with Crippen LogP contribution in [0.2, 0.25) is 0 Å². The second-order valence-corrected chi connectivity index (χ2v) is 1.62. The minimum atomic E-state index is -0.0819. The van der Waals surface area contributed by atoms with Gasteiger partial charge in [0.05, 0.1) is 0 Å². The standard InChI is InChI=1S/C6H2N4O2/c11-3-8-5-1-2-7-6(10-5)9-4-12/h1-2H. The number of carbonyl (C=O) groups excluding carboxylic acids is 2. The van der Waals surface area contributed by atoms with Gasteiger partial charge in [0.2, 0.25) is 12.2 Å². The molecule has 0 spiro atoms. The average Bonchev–Trinajstić information content (AvgIpc) is 2.06. The van der Waals surface area contributed by atoms with Crippen LogP contribution >= 0.6 is 0 Å². The zero-order valence-corrected chi connectivity index (χ0v) is 5.76. The molecule has 1 heterocycles. The number of aliphatic imine (C=N–C) groups is 2. The summed E-state index contributed by atoms with van der Waals surface area (Å²) in [5, 5.41) is 0. The summed E-state index contributed by atoms with van der Waals surface area (Å²) in [7, 11) is 0. The minimum Gasteiger partial charge on any atom is -0.219 e. The molecular weight excluding hydrogens is 160 g/mol. The Balaban J connectivity index is 3.11. The highest BCUT2D eigenvalue weighted by molar-refractivity contribution is 5.47. The largest absolute Gasteiger partial charge is 0.262 e. The molecular formula is C6H2N4O2. The van der Waals surface area contributed by atoms with Gasteiger partial charge in [0.1, 0.15) is 0 Å². The third-order valence-electron chi connectivity index (χ3n) is 0.934. The van der Waals surface area contributed by atoms with E-state index in [1.807, 2.05) is 0 Å². The number of isocyanates is 2. The van der Waals surface area contributed by atoms with Crippen LogP contribution in [0, 0.1) is 0 Å². The molecule has 0 bridgehead atoms. The summed E-state index contributed by atoms with van der Waals surface area (Å²) in [4.78, 5) is 33.0. The molecule has 0 aliphatic heterocycles. The van der Waals surface area contributed by atoms with Crippen molar-refractivity contribution in [2.24, 2.45) is 9.98 Å². The zero-order chi connectivity index (χ0) is 8.81. The molecule has 1 aromatic heterocycles.